The Morgan fingerprint density at radius 3 is 2.55 bits per heavy atom. The number of hydrogen-bond acceptors (Lipinski definition) is 4. The zero-order valence-electron chi connectivity index (χ0n) is 15.2. The van der Waals surface area contributed by atoms with Gasteiger partial charge < -0.3 is 10.6 Å². The molecule has 0 atom stereocenters. The minimum Gasteiger partial charge on any atom is -0.381 e. The largest absolute Gasteiger partial charge is 0.416 e. The van der Waals surface area contributed by atoms with E-state index in [1.165, 1.54) is 6.07 Å². The zero-order valence-corrected chi connectivity index (χ0v) is 15.2. The van der Waals surface area contributed by atoms with E-state index in [1.807, 2.05) is 36.4 Å². The van der Waals surface area contributed by atoms with E-state index in [1.54, 1.807) is 24.5 Å². The normalized spacial score (nSPS) is 11.4. The molecule has 0 fully saturated rings. The number of pyridine rings is 2. The van der Waals surface area contributed by atoms with Crippen molar-refractivity contribution in [1.29, 1.82) is 0 Å². The van der Waals surface area contributed by atoms with Gasteiger partial charge in [0.15, 0.2) is 0 Å². The summed E-state index contributed by atoms with van der Waals surface area (Å²) < 4.78 is 38.6. The molecule has 2 aromatic carbocycles. The molecule has 0 saturated carbocycles. The van der Waals surface area contributed by atoms with Crippen LogP contribution in [0.15, 0.2) is 79.1 Å². The molecular formula is C22H17F3N4. The third kappa shape index (κ3) is 4.63. The summed E-state index contributed by atoms with van der Waals surface area (Å²) in [6, 6.07) is 18.3. The summed E-state index contributed by atoms with van der Waals surface area (Å²) in [5, 5.41) is 7.20. The maximum atomic E-state index is 12.9. The van der Waals surface area contributed by atoms with Crippen LogP contribution in [0.25, 0.3) is 10.9 Å². The Labute approximate surface area is 165 Å². The average Bonchev–Trinajstić information content (AvgIpc) is 2.72. The maximum Gasteiger partial charge on any atom is 0.416 e. The van der Waals surface area contributed by atoms with Crippen LogP contribution in [-0.4, -0.2) is 9.97 Å². The van der Waals surface area contributed by atoms with E-state index < -0.39 is 11.7 Å². The van der Waals surface area contributed by atoms with E-state index in [2.05, 4.69) is 20.6 Å². The van der Waals surface area contributed by atoms with Gasteiger partial charge in [-0.1, -0.05) is 12.1 Å². The van der Waals surface area contributed by atoms with Crippen LogP contribution >= 0.6 is 0 Å². The number of halogens is 3. The summed E-state index contributed by atoms with van der Waals surface area (Å²) >= 11 is 0. The van der Waals surface area contributed by atoms with E-state index >= 15 is 0 Å². The first kappa shape index (κ1) is 18.7. The predicted molar refractivity (Wildman–Crippen MR) is 108 cm³/mol. The van der Waals surface area contributed by atoms with Crippen LogP contribution in [0, 0.1) is 0 Å². The summed E-state index contributed by atoms with van der Waals surface area (Å²) in [4.78, 5) is 8.58. The van der Waals surface area contributed by atoms with Crippen molar-refractivity contribution in [2.24, 2.45) is 0 Å². The molecule has 29 heavy (non-hydrogen) atoms. The topological polar surface area (TPSA) is 49.8 Å². The van der Waals surface area contributed by atoms with E-state index in [0.29, 0.717) is 18.1 Å². The van der Waals surface area contributed by atoms with E-state index in [-0.39, 0.29) is 0 Å². The molecule has 2 N–H and O–H groups in total. The molecule has 4 nitrogen and oxygen atoms in total. The second-order valence-electron chi connectivity index (χ2n) is 6.52. The third-order valence-electron chi connectivity index (χ3n) is 4.37. The Kier molecular flexibility index (Phi) is 5.03. The second-order valence-corrected chi connectivity index (χ2v) is 6.52. The highest BCUT2D eigenvalue weighted by molar-refractivity contribution is 5.84. The lowest BCUT2D eigenvalue weighted by Crippen LogP contribution is -2.05. The lowest BCUT2D eigenvalue weighted by atomic mass is 10.1. The summed E-state index contributed by atoms with van der Waals surface area (Å²) in [7, 11) is 0. The number of anilines is 3. The first-order valence-electron chi connectivity index (χ1n) is 8.95. The Balaban J connectivity index is 1.50. The van der Waals surface area contributed by atoms with Crippen molar-refractivity contribution in [3.8, 4) is 0 Å². The number of aromatic nitrogens is 2. The number of benzene rings is 2. The van der Waals surface area contributed by atoms with Gasteiger partial charge in [0, 0.05) is 35.7 Å². The number of rotatable bonds is 5. The second kappa shape index (κ2) is 7.79. The fourth-order valence-corrected chi connectivity index (χ4v) is 2.93. The minimum absolute atomic E-state index is 0.335. The molecule has 2 aromatic heterocycles. The molecule has 0 unspecified atom stereocenters. The van der Waals surface area contributed by atoms with Gasteiger partial charge in [0.05, 0.1) is 11.1 Å². The van der Waals surface area contributed by atoms with E-state index in [9.17, 15) is 13.2 Å². The first-order chi connectivity index (χ1) is 14.0. The molecule has 0 aliphatic carbocycles. The van der Waals surface area contributed by atoms with Crippen LogP contribution in [0.1, 0.15) is 11.1 Å². The lowest BCUT2D eigenvalue weighted by Gasteiger charge is -2.11. The smallest absolute Gasteiger partial charge is 0.381 e. The van der Waals surface area contributed by atoms with Crippen molar-refractivity contribution in [1.82, 2.24) is 9.97 Å². The summed E-state index contributed by atoms with van der Waals surface area (Å²) in [5.41, 5.74) is 2.40. The molecule has 7 heteroatoms. The molecule has 2 heterocycles. The van der Waals surface area contributed by atoms with Crippen molar-refractivity contribution in [2.75, 3.05) is 10.6 Å². The Morgan fingerprint density at radius 1 is 0.862 bits per heavy atom. The Bertz CT molecular complexity index is 1130. The molecule has 0 saturated heterocycles. The fourth-order valence-electron chi connectivity index (χ4n) is 2.93. The summed E-state index contributed by atoms with van der Waals surface area (Å²) in [6.45, 7) is 0.655. The van der Waals surface area contributed by atoms with Crippen LogP contribution in [0.5, 0.6) is 0 Å². The first-order valence-corrected chi connectivity index (χ1v) is 8.95. The van der Waals surface area contributed by atoms with Gasteiger partial charge in [-0.15, -0.1) is 0 Å². The molecular weight excluding hydrogens is 377 g/mol. The highest BCUT2D eigenvalue weighted by atomic mass is 19.4. The number of hydrogen-bond donors (Lipinski definition) is 2. The SMILES string of the molecule is FC(F)(F)c1cccc(Nc2ccc3cc(NCc4cccnc4)ccc3n2)c1. The standard InChI is InChI=1S/C22H17F3N4/c23-22(24,25)17-4-1-5-19(12-17)28-21-9-6-16-11-18(7-8-20(16)29-21)27-14-15-3-2-10-26-13-15/h1-13,27H,14H2,(H,28,29). The molecule has 0 aliphatic heterocycles. The van der Waals surface area contributed by atoms with Crippen LogP contribution < -0.4 is 10.6 Å². The van der Waals surface area contributed by atoms with Crippen LogP contribution in [0.4, 0.5) is 30.4 Å². The van der Waals surface area contributed by atoms with Crippen LogP contribution in [0.3, 0.4) is 0 Å². The minimum atomic E-state index is -4.38. The predicted octanol–water partition coefficient (Wildman–Crippen LogP) is 6.00. The number of nitrogens with one attached hydrogen (secondary N) is 2. The van der Waals surface area contributed by atoms with Gasteiger partial charge in [0.2, 0.25) is 0 Å². The van der Waals surface area contributed by atoms with Gasteiger partial charge >= 0.3 is 6.18 Å². The molecule has 0 spiro atoms. The molecule has 4 aromatic rings. The van der Waals surface area contributed by atoms with Crippen molar-refractivity contribution < 1.29 is 13.2 Å². The quantitative estimate of drug-likeness (QED) is 0.436. The summed E-state index contributed by atoms with van der Waals surface area (Å²) in [6.07, 6.45) is -0.842. The number of alkyl halides is 3. The van der Waals surface area contributed by atoms with Gasteiger partial charge in [-0.2, -0.15) is 13.2 Å². The average molecular weight is 394 g/mol. The molecule has 0 aliphatic rings. The van der Waals surface area contributed by atoms with Crippen LogP contribution in [0.2, 0.25) is 0 Å². The Morgan fingerprint density at radius 2 is 1.76 bits per heavy atom. The molecule has 146 valence electrons. The zero-order chi connectivity index (χ0) is 20.3. The van der Waals surface area contributed by atoms with Gasteiger partial charge in [-0.05, 0) is 60.2 Å². The van der Waals surface area contributed by atoms with Crippen molar-refractivity contribution in [3.63, 3.8) is 0 Å². The molecule has 4 rings (SSSR count). The van der Waals surface area contributed by atoms with Gasteiger partial charge in [-0.3, -0.25) is 4.98 Å². The third-order valence-corrected chi connectivity index (χ3v) is 4.37. The highest BCUT2D eigenvalue weighted by Crippen LogP contribution is 2.31. The monoisotopic (exact) mass is 394 g/mol. The van der Waals surface area contributed by atoms with Crippen molar-refractivity contribution in [2.45, 2.75) is 12.7 Å². The van der Waals surface area contributed by atoms with E-state index in [4.69, 9.17) is 0 Å². The molecule has 0 amide bonds. The fraction of sp³-hybridized carbons (Fsp3) is 0.0909. The van der Waals surface area contributed by atoms with E-state index in [0.717, 1.165) is 34.3 Å². The summed E-state index contributed by atoms with van der Waals surface area (Å²) in [5.74, 6) is 0.480. The highest BCUT2D eigenvalue weighted by Gasteiger charge is 2.30. The van der Waals surface area contributed by atoms with Crippen LogP contribution in [-0.2, 0) is 12.7 Å². The van der Waals surface area contributed by atoms with Crippen molar-refractivity contribution in [3.05, 3.63) is 90.3 Å². The van der Waals surface area contributed by atoms with Gasteiger partial charge in [0.1, 0.15) is 5.82 Å². The Hall–Kier alpha value is -3.61. The van der Waals surface area contributed by atoms with Gasteiger partial charge in [-0.25, -0.2) is 4.98 Å². The maximum absolute atomic E-state index is 12.9. The number of nitrogens with zero attached hydrogens (tertiary/aromatic N) is 2. The van der Waals surface area contributed by atoms with Crippen molar-refractivity contribution >= 4 is 28.1 Å². The van der Waals surface area contributed by atoms with Gasteiger partial charge in [0.25, 0.3) is 0 Å². The molecule has 0 bridgehead atoms. The number of fused-ring (bicyclic) bond motifs is 1. The molecule has 0 radical (unpaired) electrons. The lowest BCUT2D eigenvalue weighted by molar-refractivity contribution is -0.137.